The van der Waals surface area contributed by atoms with Crippen LogP contribution in [-0.4, -0.2) is 9.97 Å². The number of hydrogen-bond acceptors (Lipinski definition) is 4. The Morgan fingerprint density at radius 1 is 1.35 bits per heavy atom. The van der Waals surface area contributed by atoms with Crippen molar-refractivity contribution in [2.45, 2.75) is 26.9 Å². The van der Waals surface area contributed by atoms with Gasteiger partial charge in [-0.3, -0.25) is 4.98 Å². The van der Waals surface area contributed by atoms with Gasteiger partial charge in [0.25, 0.3) is 0 Å². The Hall–Kier alpha value is -1.39. The lowest BCUT2D eigenvalue weighted by molar-refractivity contribution is 0.448. The van der Waals surface area contributed by atoms with E-state index in [2.05, 4.69) is 15.3 Å². The van der Waals surface area contributed by atoms with E-state index in [1.807, 2.05) is 19.9 Å². The van der Waals surface area contributed by atoms with E-state index >= 15 is 0 Å². The zero-order valence-electron chi connectivity index (χ0n) is 9.83. The van der Waals surface area contributed by atoms with Gasteiger partial charge in [0, 0.05) is 18.9 Å². The molecule has 4 nitrogen and oxygen atoms in total. The van der Waals surface area contributed by atoms with Gasteiger partial charge in [-0.05, 0) is 25.5 Å². The van der Waals surface area contributed by atoms with Gasteiger partial charge in [0.05, 0.1) is 17.3 Å². The van der Waals surface area contributed by atoms with Crippen molar-refractivity contribution < 1.29 is 4.42 Å². The minimum atomic E-state index is 0.591. The SMILES string of the molecule is Cc1nc(CNCc2ccncc2Cl)oc1C. The van der Waals surface area contributed by atoms with E-state index in [1.54, 1.807) is 12.4 Å². The number of pyridine rings is 1. The van der Waals surface area contributed by atoms with Gasteiger partial charge in [-0.15, -0.1) is 0 Å². The molecule has 0 aromatic carbocycles. The van der Waals surface area contributed by atoms with Crippen molar-refractivity contribution in [1.29, 1.82) is 0 Å². The van der Waals surface area contributed by atoms with E-state index in [1.165, 1.54) is 0 Å². The minimum Gasteiger partial charge on any atom is -0.444 e. The van der Waals surface area contributed by atoms with Crippen molar-refractivity contribution in [2.24, 2.45) is 0 Å². The Bertz CT molecular complexity index is 491. The van der Waals surface area contributed by atoms with Gasteiger partial charge >= 0.3 is 0 Å². The van der Waals surface area contributed by atoms with E-state index in [-0.39, 0.29) is 0 Å². The quantitative estimate of drug-likeness (QED) is 0.908. The molecule has 0 aliphatic heterocycles. The molecule has 2 aromatic rings. The average molecular weight is 252 g/mol. The Labute approximate surface area is 105 Å². The predicted octanol–water partition coefficient (Wildman–Crippen LogP) is 2.63. The maximum absolute atomic E-state index is 5.99. The van der Waals surface area contributed by atoms with Crippen molar-refractivity contribution >= 4 is 11.6 Å². The van der Waals surface area contributed by atoms with Crippen LogP contribution in [0, 0.1) is 13.8 Å². The highest BCUT2D eigenvalue weighted by atomic mass is 35.5. The topological polar surface area (TPSA) is 51.0 Å². The number of hydrogen-bond donors (Lipinski definition) is 1. The summed E-state index contributed by atoms with van der Waals surface area (Å²) in [7, 11) is 0. The Morgan fingerprint density at radius 3 is 2.82 bits per heavy atom. The van der Waals surface area contributed by atoms with Crippen molar-refractivity contribution in [3.05, 3.63) is 46.4 Å². The zero-order chi connectivity index (χ0) is 12.3. The number of aromatic nitrogens is 2. The first-order valence-electron chi connectivity index (χ1n) is 5.39. The zero-order valence-corrected chi connectivity index (χ0v) is 10.6. The third-order valence-electron chi connectivity index (χ3n) is 2.52. The van der Waals surface area contributed by atoms with E-state index in [0.29, 0.717) is 24.0 Å². The van der Waals surface area contributed by atoms with Crippen LogP contribution >= 0.6 is 11.6 Å². The molecule has 17 heavy (non-hydrogen) atoms. The van der Waals surface area contributed by atoms with Gasteiger partial charge in [0.15, 0.2) is 0 Å². The molecule has 2 aromatic heterocycles. The third-order valence-corrected chi connectivity index (χ3v) is 2.86. The average Bonchev–Trinajstić information content (AvgIpc) is 2.61. The van der Waals surface area contributed by atoms with Crippen LogP contribution in [0.2, 0.25) is 5.02 Å². The largest absolute Gasteiger partial charge is 0.444 e. The molecule has 0 aliphatic rings. The first kappa shape index (κ1) is 12.1. The molecule has 0 radical (unpaired) electrons. The highest BCUT2D eigenvalue weighted by Gasteiger charge is 2.05. The summed E-state index contributed by atoms with van der Waals surface area (Å²) < 4.78 is 5.46. The summed E-state index contributed by atoms with van der Waals surface area (Å²) in [5.41, 5.74) is 1.95. The van der Waals surface area contributed by atoms with Gasteiger partial charge in [0.2, 0.25) is 5.89 Å². The van der Waals surface area contributed by atoms with Crippen molar-refractivity contribution in [2.75, 3.05) is 0 Å². The van der Waals surface area contributed by atoms with Crippen LogP contribution in [0.15, 0.2) is 22.9 Å². The molecule has 0 aliphatic carbocycles. The van der Waals surface area contributed by atoms with Crippen LogP contribution in [0.3, 0.4) is 0 Å². The highest BCUT2D eigenvalue weighted by molar-refractivity contribution is 6.31. The van der Waals surface area contributed by atoms with Crippen LogP contribution < -0.4 is 5.32 Å². The summed E-state index contributed by atoms with van der Waals surface area (Å²) >= 11 is 5.99. The second-order valence-corrected chi connectivity index (χ2v) is 4.23. The van der Waals surface area contributed by atoms with Crippen molar-refractivity contribution in [3.8, 4) is 0 Å². The molecule has 90 valence electrons. The third kappa shape index (κ3) is 3.05. The number of aryl methyl sites for hydroxylation is 2. The number of nitrogens with zero attached hydrogens (tertiary/aromatic N) is 2. The molecular weight excluding hydrogens is 238 g/mol. The van der Waals surface area contributed by atoms with E-state index in [4.69, 9.17) is 16.0 Å². The molecule has 0 bridgehead atoms. The summed E-state index contributed by atoms with van der Waals surface area (Å²) in [5, 5.41) is 3.90. The smallest absolute Gasteiger partial charge is 0.208 e. The second kappa shape index (κ2) is 5.29. The van der Waals surface area contributed by atoms with Gasteiger partial charge in [-0.1, -0.05) is 11.6 Å². The van der Waals surface area contributed by atoms with Gasteiger partial charge in [-0.2, -0.15) is 0 Å². The standard InChI is InChI=1S/C12H14ClN3O/c1-8-9(2)17-12(16-8)7-15-5-10-3-4-14-6-11(10)13/h3-4,6,15H,5,7H2,1-2H3. The number of halogens is 1. The first-order chi connectivity index (χ1) is 8.16. The maximum Gasteiger partial charge on any atom is 0.208 e. The monoisotopic (exact) mass is 251 g/mol. The van der Waals surface area contributed by atoms with Gasteiger partial charge < -0.3 is 9.73 Å². The first-order valence-corrected chi connectivity index (χ1v) is 5.76. The van der Waals surface area contributed by atoms with E-state index < -0.39 is 0 Å². The van der Waals surface area contributed by atoms with E-state index in [0.717, 1.165) is 17.0 Å². The summed E-state index contributed by atoms with van der Waals surface area (Å²) in [6.07, 6.45) is 3.36. The minimum absolute atomic E-state index is 0.591. The normalized spacial score (nSPS) is 10.8. The molecule has 1 N–H and O–H groups in total. The maximum atomic E-state index is 5.99. The number of nitrogens with one attached hydrogen (secondary N) is 1. The van der Waals surface area contributed by atoms with Crippen LogP contribution in [0.1, 0.15) is 22.9 Å². The summed E-state index contributed by atoms with van der Waals surface area (Å²) in [6.45, 7) is 5.10. The molecular formula is C12H14ClN3O. The van der Waals surface area contributed by atoms with Crippen molar-refractivity contribution in [1.82, 2.24) is 15.3 Å². The lowest BCUT2D eigenvalue weighted by atomic mass is 10.3. The lowest BCUT2D eigenvalue weighted by Crippen LogP contribution is -2.13. The summed E-state index contributed by atoms with van der Waals surface area (Å²) in [4.78, 5) is 8.22. The fourth-order valence-electron chi connectivity index (χ4n) is 1.47. The molecule has 2 rings (SSSR count). The summed E-state index contributed by atoms with van der Waals surface area (Å²) in [5.74, 6) is 1.56. The molecule has 0 saturated carbocycles. The lowest BCUT2D eigenvalue weighted by Gasteiger charge is -2.03. The fourth-order valence-corrected chi connectivity index (χ4v) is 1.65. The molecule has 0 unspecified atom stereocenters. The van der Waals surface area contributed by atoms with Gasteiger partial charge in [0.1, 0.15) is 5.76 Å². The predicted molar refractivity (Wildman–Crippen MR) is 65.8 cm³/mol. The molecule has 0 spiro atoms. The fraction of sp³-hybridized carbons (Fsp3) is 0.333. The molecule has 2 heterocycles. The molecule has 0 fully saturated rings. The Balaban J connectivity index is 1.90. The van der Waals surface area contributed by atoms with Gasteiger partial charge in [-0.25, -0.2) is 4.98 Å². The van der Waals surface area contributed by atoms with Crippen LogP contribution in [0.5, 0.6) is 0 Å². The molecule has 0 saturated heterocycles. The van der Waals surface area contributed by atoms with Crippen LogP contribution in [0.25, 0.3) is 0 Å². The second-order valence-electron chi connectivity index (χ2n) is 3.82. The Kier molecular flexibility index (Phi) is 3.76. The van der Waals surface area contributed by atoms with Crippen LogP contribution in [0.4, 0.5) is 0 Å². The van der Waals surface area contributed by atoms with Crippen LogP contribution in [-0.2, 0) is 13.1 Å². The number of oxazole rings is 1. The van der Waals surface area contributed by atoms with Crippen molar-refractivity contribution in [3.63, 3.8) is 0 Å². The molecule has 0 amide bonds. The molecule has 0 atom stereocenters. The number of rotatable bonds is 4. The summed E-state index contributed by atoms with van der Waals surface area (Å²) in [6, 6.07) is 1.89. The highest BCUT2D eigenvalue weighted by Crippen LogP contribution is 2.13. The Morgan fingerprint density at radius 2 is 2.18 bits per heavy atom. The molecule has 5 heteroatoms. The van der Waals surface area contributed by atoms with E-state index in [9.17, 15) is 0 Å².